The second-order valence-corrected chi connectivity index (χ2v) is 6.43. The van der Waals surface area contributed by atoms with Crippen LogP contribution in [0.1, 0.15) is 30.0 Å². The number of hydrogen-bond donors (Lipinski definition) is 1. The lowest BCUT2D eigenvalue weighted by molar-refractivity contribution is -0.111. The number of aryl methyl sites for hydroxylation is 2. The Hall–Kier alpha value is -2.46. The molecule has 0 atom stereocenters. The number of hydrogen-bond acceptors (Lipinski definition) is 3. The number of ether oxygens (including phenoxy) is 2. The van der Waals surface area contributed by atoms with Gasteiger partial charge in [-0.05, 0) is 61.2 Å². The van der Waals surface area contributed by atoms with E-state index in [0.717, 1.165) is 23.1 Å². The number of amides is 1. The average molecular weight is 374 g/mol. The van der Waals surface area contributed by atoms with Crippen LogP contribution in [0.15, 0.2) is 36.4 Å². The summed E-state index contributed by atoms with van der Waals surface area (Å²) < 4.78 is 11.0. The summed E-state index contributed by atoms with van der Waals surface area (Å²) in [5, 5.41) is 3.36. The number of carbonyl (C=O) groups is 1. The molecule has 2 rings (SSSR count). The van der Waals surface area contributed by atoms with E-state index in [1.165, 1.54) is 6.08 Å². The van der Waals surface area contributed by atoms with Crippen LogP contribution >= 0.6 is 11.6 Å². The standard InChI is InChI=1S/C21H24ClNO3/c1-5-10-26-18-8-6-16(13-19(18)25-4)7-9-20(24)23-21-15(3)11-14(2)12-17(21)22/h6-9,11-13H,5,10H2,1-4H3,(H,23,24)/b9-7+. The number of benzene rings is 2. The largest absolute Gasteiger partial charge is 0.493 e. The van der Waals surface area contributed by atoms with Crippen molar-refractivity contribution in [1.82, 2.24) is 0 Å². The molecular formula is C21H24ClNO3. The minimum atomic E-state index is -0.246. The van der Waals surface area contributed by atoms with Crippen LogP contribution in [-0.4, -0.2) is 19.6 Å². The summed E-state index contributed by atoms with van der Waals surface area (Å²) in [7, 11) is 1.59. The Morgan fingerprint density at radius 2 is 1.96 bits per heavy atom. The predicted octanol–water partition coefficient (Wildman–Crippen LogP) is 5.41. The van der Waals surface area contributed by atoms with E-state index in [1.54, 1.807) is 13.2 Å². The first kappa shape index (κ1) is 19.9. The zero-order valence-electron chi connectivity index (χ0n) is 15.6. The van der Waals surface area contributed by atoms with Crippen LogP contribution in [0.4, 0.5) is 5.69 Å². The van der Waals surface area contributed by atoms with E-state index < -0.39 is 0 Å². The Labute approximate surface area is 159 Å². The van der Waals surface area contributed by atoms with Gasteiger partial charge in [-0.1, -0.05) is 30.7 Å². The zero-order chi connectivity index (χ0) is 19.1. The van der Waals surface area contributed by atoms with E-state index in [-0.39, 0.29) is 5.91 Å². The highest BCUT2D eigenvalue weighted by Crippen LogP contribution is 2.29. The fraction of sp³-hybridized carbons (Fsp3) is 0.286. The summed E-state index contributed by atoms with van der Waals surface area (Å²) in [4.78, 5) is 12.2. The zero-order valence-corrected chi connectivity index (χ0v) is 16.3. The lowest BCUT2D eigenvalue weighted by Crippen LogP contribution is -2.09. The van der Waals surface area contributed by atoms with Crippen LogP contribution in [0.5, 0.6) is 11.5 Å². The fourth-order valence-corrected chi connectivity index (χ4v) is 2.90. The van der Waals surface area contributed by atoms with Gasteiger partial charge in [-0.25, -0.2) is 0 Å². The SMILES string of the molecule is CCCOc1ccc(/C=C/C(=O)Nc2c(C)cc(C)cc2Cl)cc1OC. The predicted molar refractivity (Wildman–Crippen MR) is 107 cm³/mol. The van der Waals surface area contributed by atoms with Gasteiger partial charge in [0.05, 0.1) is 24.4 Å². The molecule has 0 bridgehead atoms. The first-order chi connectivity index (χ1) is 12.4. The van der Waals surface area contributed by atoms with Crippen molar-refractivity contribution in [3.63, 3.8) is 0 Å². The first-order valence-electron chi connectivity index (χ1n) is 8.51. The third-order valence-corrected chi connectivity index (χ3v) is 4.05. The molecule has 138 valence electrons. The highest BCUT2D eigenvalue weighted by molar-refractivity contribution is 6.34. The van der Waals surface area contributed by atoms with Gasteiger partial charge in [0.25, 0.3) is 0 Å². The van der Waals surface area contributed by atoms with Crippen LogP contribution in [0.2, 0.25) is 5.02 Å². The van der Waals surface area contributed by atoms with Crippen molar-refractivity contribution in [3.8, 4) is 11.5 Å². The highest BCUT2D eigenvalue weighted by atomic mass is 35.5. The summed E-state index contributed by atoms with van der Waals surface area (Å²) in [6.45, 7) is 6.55. The number of anilines is 1. The molecule has 0 fully saturated rings. The van der Waals surface area contributed by atoms with Crippen LogP contribution in [-0.2, 0) is 4.79 Å². The molecule has 0 aromatic heterocycles. The topological polar surface area (TPSA) is 47.6 Å². The molecule has 0 unspecified atom stereocenters. The third-order valence-electron chi connectivity index (χ3n) is 3.76. The van der Waals surface area contributed by atoms with Crippen molar-refractivity contribution in [2.75, 3.05) is 19.0 Å². The monoisotopic (exact) mass is 373 g/mol. The fourth-order valence-electron chi connectivity index (χ4n) is 2.53. The molecule has 0 radical (unpaired) electrons. The van der Waals surface area contributed by atoms with E-state index in [4.69, 9.17) is 21.1 Å². The van der Waals surface area contributed by atoms with E-state index in [0.29, 0.717) is 28.8 Å². The molecule has 2 aromatic carbocycles. The number of rotatable bonds is 7. The van der Waals surface area contributed by atoms with Gasteiger partial charge in [0.2, 0.25) is 5.91 Å². The maximum atomic E-state index is 12.2. The number of halogens is 1. The number of methoxy groups -OCH3 is 1. The minimum Gasteiger partial charge on any atom is -0.493 e. The Morgan fingerprint density at radius 1 is 1.19 bits per heavy atom. The summed E-state index contributed by atoms with van der Waals surface area (Å²) in [6, 6.07) is 9.35. The summed E-state index contributed by atoms with van der Waals surface area (Å²) in [5.41, 5.74) is 3.45. The Morgan fingerprint density at radius 3 is 2.62 bits per heavy atom. The second kappa shape index (κ2) is 9.30. The average Bonchev–Trinajstić information content (AvgIpc) is 2.61. The van der Waals surface area contributed by atoms with Crippen molar-refractivity contribution in [1.29, 1.82) is 0 Å². The van der Waals surface area contributed by atoms with Crippen molar-refractivity contribution in [3.05, 3.63) is 58.1 Å². The maximum absolute atomic E-state index is 12.2. The molecule has 0 heterocycles. The van der Waals surface area contributed by atoms with Gasteiger partial charge in [-0.2, -0.15) is 0 Å². The smallest absolute Gasteiger partial charge is 0.248 e. The third kappa shape index (κ3) is 5.27. The number of nitrogens with one attached hydrogen (secondary N) is 1. The normalized spacial score (nSPS) is 10.8. The van der Waals surface area contributed by atoms with Gasteiger partial charge >= 0.3 is 0 Å². The summed E-state index contributed by atoms with van der Waals surface area (Å²) in [6.07, 6.45) is 4.11. The molecule has 0 saturated carbocycles. The lowest BCUT2D eigenvalue weighted by Gasteiger charge is -2.11. The molecule has 2 aromatic rings. The van der Waals surface area contributed by atoms with Gasteiger partial charge in [0.15, 0.2) is 11.5 Å². The molecular weight excluding hydrogens is 350 g/mol. The first-order valence-corrected chi connectivity index (χ1v) is 8.89. The number of carbonyl (C=O) groups excluding carboxylic acids is 1. The molecule has 5 heteroatoms. The molecule has 0 aliphatic rings. The molecule has 1 N–H and O–H groups in total. The van der Waals surface area contributed by atoms with Gasteiger partial charge in [0, 0.05) is 6.08 Å². The molecule has 4 nitrogen and oxygen atoms in total. The molecule has 26 heavy (non-hydrogen) atoms. The second-order valence-electron chi connectivity index (χ2n) is 6.02. The van der Waals surface area contributed by atoms with E-state index >= 15 is 0 Å². The van der Waals surface area contributed by atoms with Gasteiger partial charge < -0.3 is 14.8 Å². The molecule has 0 saturated heterocycles. The molecule has 1 amide bonds. The van der Waals surface area contributed by atoms with Gasteiger partial charge in [0.1, 0.15) is 0 Å². The van der Waals surface area contributed by atoms with Crippen molar-refractivity contribution < 1.29 is 14.3 Å². The van der Waals surface area contributed by atoms with Crippen LogP contribution in [0.25, 0.3) is 6.08 Å². The van der Waals surface area contributed by atoms with Gasteiger partial charge in [-0.15, -0.1) is 0 Å². The van der Waals surface area contributed by atoms with E-state index in [9.17, 15) is 4.79 Å². The molecule has 0 aliphatic heterocycles. The maximum Gasteiger partial charge on any atom is 0.248 e. The summed E-state index contributed by atoms with van der Waals surface area (Å²) >= 11 is 6.23. The van der Waals surface area contributed by atoms with Crippen LogP contribution in [0.3, 0.4) is 0 Å². The van der Waals surface area contributed by atoms with Crippen molar-refractivity contribution in [2.45, 2.75) is 27.2 Å². The van der Waals surface area contributed by atoms with Crippen LogP contribution in [0, 0.1) is 13.8 Å². The Kier molecular flexibility index (Phi) is 7.10. The van der Waals surface area contributed by atoms with Gasteiger partial charge in [-0.3, -0.25) is 4.79 Å². The Balaban J connectivity index is 2.10. The molecule has 0 spiro atoms. The van der Waals surface area contributed by atoms with Crippen LogP contribution < -0.4 is 14.8 Å². The van der Waals surface area contributed by atoms with E-state index in [1.807, 2.05) is 51.1 Å². The molecule has 0 aliphatic carbocycles. The Bertz CT molecular complexity index is 792. The van der Waals surface area contributed by atoms with Crippen molar-refractivity contribution in [2.24, 2.45) is 0 Å². The highest BCUT2D eigenvalue weighted by Gasteiger charge is 2.08. The minimum absolute atomic E-state index is 0.246. The summed E-state index contributed by atoms with van der Waals surface area (Å²) in [5.74, 6) is 1.08. The quantitative estimate of drug-likeness (QED) is 0.660. The van der Waals surface area contributed by atoms with E-state index in [2.05, 4.69) is 5.32 Å². The van der Waals surface area contributed by atoms with Crippen molar-refractivity contribution >= 4 is 29.3 Å². The lowest BCUT2D eigenvalue weighted by atomic mass is 10.1.